The average Bonchev–Trinajstić information content (AvgIpc) is 2.73. The number of alkyl halides is 1. The Morgan fingerprint density at radius 3 is 2.75 bits per heavy atom. The number of aryl methyl sites for hydroxylation is 1. The molecule has 0 saturated heterocycles. The van der Waals surface area contributed by atoms with E-state index in [2.05, 4.69) is 4.98 Å². The second kappa shape index (κ2) is 6.02. The highest BCUT2D eigenvalue weighted by Gasteiger charge is 2.16. The fourth-order valence-corrected chi connectivity index (χ4v) is 2.42. The normalized spacial score (nSPS) is 12.7. The number of aromatic nitrogens is 2. The molecule has 20 heavy (non-hydrogen) atoms. The molecule has 1 heterocycles. The minimum absolute atomic E-state index is 0.0713. The Labute approximate surface area is 128 Å². The highest BCUT2D eigenvalue weighted by atomic mass is 35.5. The van der Waals surface area contributed by atoms with Crippen LogP contribution in [-0.4, -0.2) is 34.5 Å². The summed E-state index contributed by atoms with van der Waals surface area (Å²) in [6.07, 6.45) is 0.404. The fourth-order valence-electron chi connectivity index (χ4n) is 2.08. The van der Waals surface area contributed by atoms with Gasteiger partial charge in [-0.3, -0.25) is 4.79 Å². The Kier molecular flexibility index (Phi) is 4.55. The Hall–Kier alpha value is -1.26. The van der Waals surface area contributed by atoms with Gasteiger partial charge in [-0.25, -0.2) is 4.98 Å². The van der Waals surface area contributed by atoms with E-state index in [4.69, 9.17) is 23.2 Å². The summed E-state index contributed by atoms with van der Waals surface area (Å²) in [7, 11) is 3.49. The number of hydrogen-bond donors (Lipinski definition) is 0. The molecule has 0 radical (unpaired) electrons. The van der Waals surface area contributed by atoms with Gasteiger partial charge in [-0.2, -0.15) is 0 Å². The second-order valence-electron chi connectivity index (χ2n) is 4.91. The van der Waals surface area contributed by atoms with Gasteiger partial charge in [0.25, 0.3) is 0 Å². The molecule has 0 aliphatic carbocycles. The Morgan fingerprint density at radius 1 is 1.45 bits per heavy atom. The largest absolute Gasteiger partial charge is 0.349 e. The van der Waals surface area contributed by atoms with Crippen LogP contribution in [0, 0.1) is 0 Å². The van der Waals surface area contributed by atoms with E-state index in [-0.39, 0.29) is 11.3 Å². The molecular formula is C14H17Cl2N3O. The van der Waals surface area contributed by atoms with Crippen molar-refractivity contribution in [1.29, 1.82) is 0 Å². The lowest BCUT2D eigenvalue weighted by Gasteiger charge is -2.13. The molecule has 0 fully saturated rings. The molecule has 4 nitrogen and oxygen atoms in total. The molecule has 2 aromatic rings. The molecule has 1 amide bonds. The van der Waals surface area contributed by atoms with Crippen molar-refractivity contribution in [3.63, 3.8) is 0 Å². The van der Waals surface area contributed by atoms with E-state index in [0.717, 1.165) is 16.9 Å². The van der Waals surface area contributed by atoms with Crippen LogP contribution in [0.25, 0.3) is 11.0 Å². The topological polar surface area (TPSA) is 38.1 Å². The Morgan fingerprint density at radius 2 is 2.15 bits per heavy atom. The summed E-state index contributed by atoms with van der Waals surface area (Å²) >= 11 is 12.2. The number of imidazole rings is 1. The lowest BCUT2D eigenvalue weighted by atomic mass is 10.3. The van der Waals surface area contributed by atoms with Gasteiger partial charge in [0, 0.05) is 32.1 Å². The molecule has 0 N–H and O–H groups in total. The summed E-state index contributed by atoms with van der Waals surface area (Å²) < 4.78 is 1.97. The first-order valence-electron chi connectivity index (χ1n) is 6.40. The maximum absolute atomic E-state index is 11.8. The molecule has 1 atom stereocenters. The lowest BCUT2D eigenvalue weighted by Crippen LogP contribution is -2.23. The lowest BCUT2D eigenvalue weighted by molar-refractivity contribution is -0.128. The zero-order chi connectivity index (χ0) is 14.9. The predicted molar refractivity (Wildman–Crippen MR) is 82.3 cm³/mol. The molecule has 0 bridgehead atoms. The molecule has 0 saturated carbocycles. The average molecular weight is 314 g/mol. The third-order valence-electron chi connectivity index (χ3n) is 3.14. The molecule has 1 unspecified atom stereocenters. The van der Waals surface area contributed by atoms with Gasteiger partial charge in [0.1, 0.15) is 5.82 Å². The van der Waals surface area contributed by atoms with E-state index >= 15 is 0 Å². The number of amides is 1. The minimum Gasteiger partial charge on any atom is -0.349 e. The Balaban J connectivity index is 2.40. The highest BCUT2D eigenvalue weighted by molar-refractivity contribution is 6.31. The number of carbonyl (C=O) groups is 1. The van der Waals surface area contributed by atoms with Crippen LogP contribution in [0.3, 0.4) is 0 Å². The van der Waals surface area contributed by atoms with Gasteiger partial charge in [0.15, 0.2) is 0 Å². The number of benzene rings is 1. The van der Waals surface area contributed by atoms with Crippen molar-refractivity contribution < 1.29 is 4.79 Å². The third kappa shape index (κ3) is 3.07. The highest BCUT2D eigenvalue weighted by Crippen LogP contribution is 2.26. The number of carbonyl (C=O) groups excluding carboxylic acids is 1. The molecule has 0 aliphatic heterocycles. The maximum Gasteiger partial charge on any atom is 0.223 e. The van der Waals surface area contributed by atoms with Crippen LogP contribution in [0.2, 0.25) is 5.02 Å². The second-order valence-corrected chi connectivity index (χ2v) is 6.00. The van der Waals surface area contributed by atoms with Gasteiger partial charge in [-0.1, -0.05) is 11.6 Å². The van der Waals surface area contributed by atoms with Crippen LogP contribution in [-0.2, 0) is 11.3 Å². The van der Waals surface area contributed by atoms with Crippen LogP contribution < -0.4 is 0 Å². The van der Waals surface area contributed by atoms with E-state index in [1.807, 2.05) is 23.6 Å². The molecule has 0 aliphatic rings. The van der Waals surface area contributed by atoms with Crippen LogP contribution in [0.4, 0.5) is 0 Å². The summed E-state index contributed by atoms with van der Waals surface area (Å²) in [5.74, 6) is 0.831. The molecular weight excluding hydrogens is 297 g/mol. The number of nitrogens with zero attached hydrogens (tertiary/aromatic N) is 3. The first-order chi connectivity index (χ1) is 9.40. The van der Waals surface area contributed by atoms with Crippen LogP contribution >= 0.6 is 23.2 Å². The molecule has 2 rings (SSSR count). The van der Waals surface area contributed by atoms with Crippen molar-refractivity contribution in [3.05, 3.63) is 29.0 Å². The zero-order valence-corrected chi connectivity index (χ0v) is 13.2. The number of hydrogen-bond acceptors (Lipinski definition) is 2. The van der Waals surface area contributed by atoms with Gasteiger partial charge in [0.05, 0.1) is 16.4 Å². The number of rotatable bonds is 4. The SMILES string of the molecule is CC(Cl)c1nc2ccc(Cl)cc2n1CCC(=O)N(C)C. The monoisotopic (exact) mass is 313 g/mol. The van der Waals surface area contributed by atoms with Crippen molar-refractivity contribution in [1.82, 2.24) is 14.5 Å². The Bertz CT molecular complexity index is 635. The minimum atomic E-state index is -0.226. The predicted octanol–water partition coefficient (Wildman–Crippen LogP) is 3.47. The molecule has 1 aromatic heterocycles. The van der Waals surface area contributed by atoms with Gasteiger partial charge < -0.3 is 9.47 Å². The van der Waals surface area contributed by atoms with E-state index < -0.39 is 0 Å². The van der Waals surface area contributed by atoms with E-state index in [9.17, 15) is 4.79 Å². The van der Waals surface area contributed by atoms with E-state index in [1.54, 1.807) is 25.1 Å². The summed E-state index contributed by atoms with van der Waals surface area (Å²) in [6.45, 7) is 2.41. The molecule has 6 heteroatoms. The van der Waals surface area contributed by atoms with Gasteiger partial charge in [-0.05, 0) is 25.1 Å². The van der Waals surface area contributed by atoms with Crippen LogP contribution in [0.1, 0.15) is 24.5 Å². The van der Waals surface area contributed by atoms with Crippen molar-refractivity contribution >= 4 is 40.1 Å². The summed E-state index contributed by atoms with van der Waals surface area (Å²) in [6, 6.07) is 5.52. The standard InChI is InChI=1S/C14H17Cl2N3O/c1-9(15)14-17-11-5-4-10(16)8-12(11)19(14)7-6-13(20)18(2)3/h4-5,8-9H,6-7H2,1-3H3. The molecule has 0 spiro atoms. The molecule has 1 aromatic carbocycles. The quantitative estimate of drug-likeness (QED) is 0.811. The van der Waals surface area contributed by atoms with E-state index in [0.29, 0.717) is 18.0 Å². The van der Waals surface area contributed by atoms with E-state index in [1.165, 1.54) is 0 Å². The van der Waals surface area contributed by atoms with Crippen molar-refractivity contribution in [2.45, 2.75) is 25.3 Å². The van der Waals surface area contributed by atoms with Gasteiger partial charge in [0.2, 0.25) is 5.91 Å². The first kappa shape index (κ1) is 15.1. The summed E-state index contributed by atoms with van der Waals surface area (Å²) in [5, 5.41) is 0.419. The van der Waals surface area contributed by atoms with Gasteiger partial charge >= 0.3 is 0 Å². The first-order valence-corrected chi connectivity index (χ1v) is 7.21. The van der Waals surface area contributed by atoms with Crippen molar-refractivity contribution in [3.8, 4) is 0 Å². The summed E-state index contributed by atoms with van der Waals surface area (Å²) in [5.41, 5.74) is 1.75. The zero-order valence-electron chi connectivity index (χ0n) is 11.7. The summed E-state index contributed by atoms with van der Waals surface area (Å²) in [4.78, 5) is 17.9. The van der Waals surface area contributed by atoms with Crippen LogP contribution in [0.15, 0.2) is 18.2 Å². The van der Waals surface area contributed by atoms with Crippen molar-refractivity contribution in [2.75, 3.05) is 14.1 Å². The number of fused-ring (bicyclic) bond motifs is 1. The molecule has 108 valence electrons. The van der Waals surface area contributed by atoms with Gasteiger partial charge in [-0.15, -0.1) is 11.6 Å². The van der Waals surface area contributed by atoms with Crippen molar-refractivity contribution in [2.24, 2.45) is 0 Å². The maximum atomic E-state index is 11.8. The number of halogens is 2. The van der Waals surface area contributed by atoms with Crippen LogP contribution in [0.5, 0.6) is 0 Å². The fraction of sp³-hybridized carbons (Fsp3) is 0.429. The third-order valence-corrected chi connectivity index (χ3v) is 3.57. The smallest absolute Gasteiger partial charge is 0.223 e.